The molecule has 1 atom stereocenters. The molecule has 4 N–H and O–H groups in total. The Labute approximate surface area is 179 Å². The Hall–Kier alpha value is -3.88. The van der Waals surface area contributed by atoms with Crippen LogP contribution in [-0.4, -0.2) is 51.9 Å². The maximum absolute atomic E-state index is 12.3. The van der Waals surface area contributed by atoms with Crippen LogP contribution in [0.4, 0.5) is 5.82 Å². The van der Waals surface area contributed by atoms with Crippen LogP contribution in [0, 0.1) is 6.92 Å². The van der Waals surface area contributed by atoms with E-state index in [1.807, 2.05) is 25.2 Å². The minimum atomic E-state index is -1.11. The second kappa shape index (κ2) is 10.2. The molecule has 9 nitrogen and oxygen atoms in total. The number of nitrogens with zero attached hydrogens (tertiary/aromatic N) is 2. The Morgan fingerprint density at radius 2 is 1.97 bits per heavy atom. The Morgan fingerprint density at radius 1 is 1.19 bits per heavy atom. The normalized spacial score (nSPS) is 11.5. The zero-order chi connectivity index (χ0) is 22.2. The van der Waals surface area contributed by atoms with Crippen molar-refractivity contribution in [2.75, 3.05) is 19.0 Å². The van der Waals surface area contributed by atoms with E-state index in [0.29, 0.717) is 30.0 Å². The molecule has 0 unspecified atom stereocenters. The molecule has 1 amide bonds. The van der Waals surface area contributed by atoms with Crippen LogP contribution >= 0.6 is 0 Å². The van der Waals surface area contributed by atoms with Crippen molar-refractivity contribution in [1.82, 2.24) is 20.5 Å². The van der Waals surface area contributed by atoms with Gasteiger partial charge in [0.2, 0.25) is 0 Å². The molecule has 31 heavy (non-hydrogen) atoms. The monoisotopic (exact) mass is 423 g/mol. The lowest BCUT2D eigenvalue weighted by atomic mass is 10.1. The van der Waals surface area contributed by atoms with Crippen LogP contribution < -0.4 is 15.4 Å². The number of aromatic amines is 1. The number of hydrogen-bond acceptors (Lipinski definition) is 6. The number of anilines is 1. The molecule has 9 heteroatoms. The van der Waals surface area contributed by atoms with Crippen molar-refractivity contribution in [2.45, 2.75) is 25.8 Å². The summed E-state index contributed by atoms with van der Waals surface area (Å²) in [6.45, 7) is 2.14. The van der Waals surface area contributed by atoms with Gasteiger partial charge in [0.25, 0.3) is 5.91 Å². The number of H-pyrrole nitrogens is 1. The van der Waals surface area contributed by atoms with E-state index in [0.717, 1.165) is 17.1 Å². The van der Waals surface area contributed by atoms with Crippen molar-refractivity contribution >= 4 is 17.7 Å². The third-order valence-corrected chi connectivity index (χ3v) is 4.73. The van der Waals surface area contributed by atoms with Gasteiger partial charge in [-0.3, -0.25) is 9.89 Å². The first kappa shape index (κ1) is 21.8. The number of hydrogen-bond donors (Lipinski definition) is 4. The van der Waals surface area contributed by atoms with Crippen LogP contribution in [0.15, 0.2) is 48.7 Å². The maximum Gasteiger partial charge on any atom is 0.326 e. The largest absolute Gasteiger partial charge is 0.493 e. The highest BCUT2D eigenvalue weighted by atomic mass is 16.5. The van der Waals surface area contributed by atoms with E-state index in [-0.39, 0.29) is 6.42 Å². The van der Waals surface area contributed by atoms with E-state index in [1.165, 1.54) is 6.20 Å². The lowest BCUT2D eigenvalue weighted by molar-refractivity contribution is -0.139. The van der Waals surface area contributed by atoms with Crippen LogP contribution in [0.3, 0.4) is 0 Å². The van der Waals surface area contributed by atoms with Gasteiger partial charge in [-0.1, -0.05) is 18.2 Å². The predicted molar refractivity (Wildman–Crippen MR) is 115 cm³/mol. The molecular weight excluding hydrogens is 398 g/mol. The van der Waals surface area contributed by atoms with Crippen molar-refractivity contribution in [3.8, 4) is 5.75 Å². The van der Waals surface area contributed by atoms with Gasteiger partial charge in [-0.15, -0.1) is 0 Å². The molecule has 0 saturated heterocycles. The number of carbonyl (C=O) groups excluding carboxylic acids is 1. The minimum absolute atomic E-state index is 0.152. The summed E-state index contributed by atoms with van der Waals surface area (Å²) in [6.07, 6.45) is 2.26. The number of carbonyl (C=O) groups is 2. The first-order valence-corrected chi connectivity index (χ1v) is 9.85. The number of carboxylic acid groups (broad SMARTS) is 1. The summed E-state index contributed by atoms with van der Waals surface area (Å²) >= 11 is 0. The summed E-state index contributed by atoms with van der Waals surface area (Å²) in [7, 11) is 1.82. The van der Waals surface area contributed by atoms with Crippen LogP contribution in [-0.2, 0) is 17.6 Å². The zero-order valence-electron chi connectivity index (χ0n) is 17.4. The van der Waals surface area contributed by atoms with Crippen LogP contribution in [0.25, 0.3) is 0 Å². The van der Waals surface area contributed by atoms with E-state index < -0.39 is 17.9 Å². The van der Waals surface area contributed by atoms with E-state index in [4.69, 9.17) is 4.74 Å². The van der Waals surface area contributed by atoms with Gasteiger partial charge >= 0.3 is 5.97 Å². The van der Waals surface area contributed by atoms with Gasteiger partial charge in [0.15, 0.2) is 0 Å². The van der Waals surface area contributed by atoms with Gasteiger partial charge in [-0.25, -0.2) is 9.78 Å². The number of carboxylic acids is 1. The van der Waals surface area contributed by atoms with Crippen molar-refractivity contribution < 1.29 is 19.4 Å². The summed E-state index contributed by atoms with van der Waals surface area (Å²) in [6, 6.07) is 11.9. The second-order valence-electron chi connectivity index (χ2n) is 6.96. The lowest BCUT2D eigenvalue weighted by Gasteiger charge is -2.15. The lowest BCUT2D eigenvalue weighted by Crippen LogP contribution is -2.42. The number of nitrogens with one attached hydrogen (secondary N) is 3. The average molecular weight is 423 g/mol. The fourth-order valence-corrected chi connectivity index (χ4v) is 3.01. The zero-order valence-corrected chi connectivity index (χ0v) is 17.4. The van der Waals surface area contributed by atoms with Gasteiger partial charge in [-0.2, -0.15) is 5.10 Å². The first-order valence-electron chi connectivity index (χ1n) is 9.85. The fourth-order valence-electron chi connectivity index (χ4n) is 3.01. The predicted octanol–water partition coefficient (Wildman–Crippen LogP) is 2.20. The summed E-state index contributed by atoms with van der Waals surface area (Å²) in [4.78, 5) is 28.4. The number of rotatable bonds is 10. The number of amides is 1. The smallest absolute Gasteiger partial charge is 0.326 e. The Bertz CT molecular complexity index is 1030. The standard InChI is InChI=1S/C22H25N5O4/c1-14-18(13-24-27-14)21(28)26-19(22(29)30)12-15-6-8-17(9-7-15)31-11-10-16-4-3-5-20(23-2)25-16/h3-9,13,19H,10-12H2,1-2H3,(H,23,25)(H,24,27)(H,26,28)(H,29,30)/t19-/m0/s1. The molecule has 2 heterocycles. The molecule has 0 spiro atoms. The first-order chi connectivity index (χ1) is 15.0. The highest BCUT2D eigenvalue weighted by Gasteiger charge is 2.22. The van der Waals surface area contributed by atoms with Gasteiger partial charge in [0.05, 0.1) is 17.9 Å². The van der Waals surface area contributed by atoms with Crippen molar-refractivity contribution in [3.63, 3.8) is 0 Å². The SMILES string of the molecule is CNc1cccc(CCOc2ccc(C[C@H](NC(=O)c3c[nH]nc3C)C(=O)O)cc2)n1. The van der Waals surface area contributed by atoms with Gasteiger partial charge in [0.1, 0.15) is 17.6 Å². The molecular formula is C22H25N5O4. The molecule has 3 rings (SSSR count). The van der Waals surface area contributed by atoms with E-state index in [1.54, 1.807) is 31.2 Å². The molecule has 0 fully saturated rings. The number of pyridine rings is 1. The molecule has 3 aromatic rings. The summed E-state index contributed by atoms with van der Waals surface area (Å²) in [5.74, 6) is -0.0935. The van der Waals surface area contributed by atoms with Crippen molar-refractivity contribution in [1.29, 1.82) is 0 Å². The average Bonchev–Trinajstić information content (AvgIpc) is 3.20. The molecule has 0 radical (unpaired) electrons. The summed E-state index contributed by atoms with van der Waals surface area (Å²) in [5.41, 5.74) is 2.53. The van der Waals surface area contributed by atoms with Gasteiger partial charge in [0, 0.05) is 31.8 Å². The van der Waals surface area contributed by atoms with Crippen molar-refractivity contribution in [3.05, 3.63) is 71.2 Å². The van der Waals surface area contributed by atoms with Crippen LogP contribution in [0.1, 0.15) is 27.3 Å². The van der Waals surface area contributed by atoms with E-state index in [2.05, 4.69) is 25.8 Å². The van der Waals surface area contributed by atoms with Crippen LogP contribution in [0.2, 0.25) is 0 Å². The number of aromatic nitrogens is 3. The third kappa shape index (κ3) is 6.05. The molecule has 0 aliphatic rings. The molecule has 162 valence electrons. The van der Waals surface area contributed by atoms with Gasteiger partial charge in [-0.05, 0) is 36.8 Å². The molecule has 0 aliphatic carbocycles. The Balaban J connectivity index is 1.53. The molecule has 0 bridgehead atoms. The Kier molecular flexibility index (Phi) is 7.21. The number of ether oxygens (including phenoxy) is 1. The van der Waals surface area contributed by atoms with Gasteiger partial charge < -0.3 is 20.5 Å². The quantitative estimate of drug-likeness (QED) is 0.393. The number of aryl methyl sites for hydroxylation is 1. The molecule has 2 aromatic heterocycles. The second-order valence-corrected chi connectivity index (χ2v) is 6.96. The van der Waals surface area contributed by atoms with E-state index >= 15 is 0 Å². The van der Waals surface area contributed by atoms with Crippen molar-refractivity contribution in [2.24, 2.45) is 0 Å². The molecule has 0 saturated carbocycles. The summed E-state index contributed by atoms with van der Waals surface area (Å²) in [5, 5.41) is 21.5. The van der Waals surface area contributed by atoms with Crippen LogP contribution in [0.5, 0.6) is 5.75 Å². The number of aliphatic carboxylic acids is 1. The molecule has 1 aromatic carbocycles. The topological polar surface area (TPSA) is 129 Å². The maximum atomic E-state index is 12.3. The third-order valence-electron chi connectivity index (χ3n) is 4.73. The number of benzene rings is 1. The summed E-state index contributed by atoms with van der Waals surface area (Å²) < 4.78 is 5.76. The molecule has 0 aliphatic heterocycles. The minimum Gasteiger partial charge on any atom is -0.493 e. The highest BCUT2D eigenvalue weighted by Crippen LogP contribution is 2.15. The fraction of sp³-hybridized carbons (Fsp3) is 0.273. The Morgan fingerprint density at radius 3 is 2.61 bits per heavy atom. The highest BCUT2D eigenvalue weighted by molar-refractivity contribution is 5.97. The van der Waals surface area contributed by atoms with E-state index in [9.17, 15) is 14.7 Å².